The first kappa shape index (κ1) is 24.7. The Morgan fingerprint density at radius 1 is 1.19 bits per heavy atom. The third-order valence-electron chi connectivity index (χ3n) is 6.87. The molecule has 1 amide bonds. The van der Waals surface area contributed by atoms with Crippen molar-refractivity contribution in [2.75, 3.05) is 11.4 Å². The predicted octanol–water partition coefficient (Wildman–Crippen LogP) is 7.85. The Bertz CT molecular complexity index is 1330. The number of nitrogens with zero attached hydrogens (tertiary/aromatic N) is 3. The molecule has 0 bridgehead atoms. The third-order valence-corrected chi connectivity index (χ3v) is 8.20. The Morgan fingerprint density at radius 3 is 2.67 bits per heavy atom. The highest BCUT2D eigenvalue weighted by Gasteiger charge is 2.37. The maximum absolute atomic E-state index is 13.5. The topological polar surface area (TPSA) is 49.0 Å². The molecule has 0 aliphatic carbocycles. The second-order valence-corrected chi connectivity index (χ2v) is 11.3. The number of carbonyl (C=O) groups is 1. The molecule has 1 fully saturated rings. The standard InChI is InChI=1S/C29H30ClN3O2S/c1-5-33-25-16-24(30)20(14-23(25)19(2)17-29(33,3)4)15-26-27(34)32(18-22-12-9-13-35-22)28(36-26)31-21-10-7-6-8-11-21/h6-16,19H,5,17-18H2,1-4H3/b26-15+,31-28?. The maximum Gasteiger partial charge on any atom is 0.267 e. The molecule has 3 heterocycles. The van der Waals surface area contributed by atoms with Gasteiger partial charge >= 0.3 is 0 Å². The van der Waals surface area contributed by atoms with Crippen LogP contribution in [0.15, 0.2) is 75.2 Å². The number of thioether (sulfide) groups is 1. The van der Waals surface area contributed by atoms with Crippen LogP contribution in [0.3, 0.4) is 0 Å². The number of amidine groups is 1. The van der Waals surface area contributed by atoms with Crippen LogP contribution in [0, 0.1) is 0 Å². The highest BCUT2D eigenvalue weighted by molar-refractivity contribution is 8.18. The number of hydrogen-bond acceptors (Lipinski definition) is 5. The largest absolute Gasteiger partial charge is 0.467 e. The molecule has 0 N–H and O–H groups in total. The molecule has 186 valence electrons. The highest BCUT2D eigenvalue weighted by atomic mass is 35.5. The van der Waals surface area contributed by atoms with Gasteiger partial charge in [0.15, 0.2) is 5.17 Å². The summed E-state index contributed by atoms with van der Waals surface area (Å²) in [5.41, 5.74) is 4.17. The molecule has 2 aliphatic heterocycles. The van der Waals surface area contributed by atoms with Crippen LogP contribution in [-0.2, 0) is 11.3 Å². The van der Waals surface area contributed by atoms with Crippen molar-refractivity contribution in [3.8, 4) is 0 Å². The van der Waals surface area contributed by atoms with Crippen molar-refractivity contribution in [1.29, 1.82) is 0 Å². The lowest BCUT2D eigenvalue weighted by Crippen LogP contribution is -2.48. The van der Waals surface area contributed by atoms with Gasteiger partial charge in [0, 0.05) is 22.8 Å². The maximum atomic E-state index is 13.5. The van der Waals surface area contributed by atoms with Gasteiger partial charge in [0.05, 0.1) is 23.4 Å². The lowest BCUT2D eigenvalue weighted by Gasteiger charge is -2.47. The van der Waals surface area contributed by atoms with Crippen LogP contribution in [0.1, 0.15) is 56.9 Å². The van der Waals surface area contributed by atoms with Crippen molar-refractivity contribution in [2.24, 2.45) is 4.99 Å². The molecule has 2 aromatic carbocycles. The van der Waals surface area contributed by atoms with E-state index in [4.69, 9.17) is 21.0 Å². The lowest BCUT2D eigenvalue weighted by atomic mass is 9.79. The van der Waals surface area contributed by atoms with Crippen molar-refractivity contribution < 1.29 is 9.21 Å². The molecule has 36 heavy (non-hydrogen) atoms. The molecule has 0 radical (unpaired) electrons. The van der Waals surface area contributed by atoms with E-state index < -0.39 is 0 Å². The second-order valence-electron chi connectivity index (χ2n) is 9.91. The fourth-order valence-corrected chi connectivity index (χ4v) is 6.47. The van der Waals surface area contributed by atoms with Gasteiger partial charge in [0.2, 0.25) is 0 Å². The summed E-state index contributed by atoms with van der Waals surface area (Å²) < 4.78 is 5.52. The summed E-state index contributed by atoms with van der Waals surface area (Å²) >= 11 is 8.18. The van der Waals surface area contributed by atoms with Crippen LogP contribution < -0.4 is 4.90 Å². The fraction of sp³-hybridized carbons (Fsp3) is 0.310. The number of aliphatic imine (C=N–C) groups is 1. The Kier molecular flexibility index (Phi) is 6.75. The van der Waals surface area contributed by atoms with E-state index in [1.165, 1.54) is 23.0 Å². The molecule has 1 aromatic heterocycles. The molecular formula is C29H30ClN3O2S. The van der Waals surface area contributed by atoms with Crippen LogP contribution in [0.25, 0.3) is 6.08 Å². The van der Waals surface area contributed by atoms with Crippen LogP contribution in [0.5, 0.6) is 0 Å². The van der Waals surface area contributed by atoms with Gasteiger partial charge in [-0.25, -0.2) is 4.99 Å². The number of fused-ring (bicyclic) bond motifs is 1. The fourth-order valence-electron chi connectivity index (χ4n) is 5.27. The van der Waals surface area contributed by atoms with Gasteiger partial charge in [-0.1, -0.05) is 36.7 Å². The number of halogens is 1. The first-order valence-corrected chi connectivity index (χ1v) is 13.4. The summed E-state index contributed by atoms with van der Waals surface area (Å²) in [4.78, 5) is 23.0. The SMILES string of the molecule is CCN1c2cc(Cl)c(/C=C3/SC(=Nc4ccccc4)N(Cc4ccco4)C3=O)cc2C(C)CC1(C)C. The van der Waals surface area contributed by atoms with Gasteiger partial charge in [-0.2, -0.15) is 0 Å². The van der Waals surface area contributed by atoms with E-state index in [-0.39, 0.29) is 11.4 Å². The van der Waals surface area contributed by atoms with E-state index in [9.17, 15) is 4.79 Å². The van der Waals surface area contributed by atoms with Crippen molar-refractivity contribution in [3.05, 3.63) is 87.7 Å². The Balaban J connectivity index is 1.53. The molecular weight excluding hydrogens is 490 g/mol. The van der Waals surface area contributed by atoms with Crippen molar-refractivity contribution >= 4 is 51.9 Å². The van der Waals surface area contributed by atoms with Crippen molar-refractivity contribution in [3.63, 3.8) is 0 Å². The lowest BCUT2D eigenvalue weighted by molar-refractivity contribution is -0.122. The molecule has 1 atom stereocenters. The molecule has 0 spiro atoms. The zero-order valence-electron chi connectivity index (χ0n) is 21.0. The monoisotopic (exact) mass is 519 g/mol. The van der Waals surface area contributed by atoms with Gasteiger partial charge < -0.3 is 9.32 Å². The summed E-state index contributed by atoms with van der Waals surface area (Å²) in [5, 5.41) is 1.26. The summed E-state index contributed by atoms with van der Waals surface area (Å²) in [6, 6.07) is 17.6. The van der Waals surface area contributed by atoms with Crippen LogP contribution in [-0.4, -0.2) is 28.1 Å². The number of hydrogen-bond donors (Lipinski definition) is 0. The average molecular weight is 520 g/mol. The molecule has 5 nitrogen and oxygen atoms in total. The molecule has 1 saturated heterocycles. The summed E-state index contributed by atoms with van der Waals surface area (Å²) in [6.07, 6.45) is 4.58. The summed E-state index contributed by atoms with van der Waals surface area (Å²) in [5.74, 6) is 0.989. The Hall–Kier alpha value is -2.96. The minimum Gasteiger partial charge on any atom is -0.467 e. The van der Waals surface area contributed by atoms with E-state index in [2.05, 4.69) is 44.7 Å². The van der Waals surface area contributed by atoms with E-state index in [0.717, 1.165) is 24.2 Å². The molecule has 3 aromatic rings. The number of carbonyl (C=O) groups excluding carboxylic acids is 1. The van der Waals surface area contributed by atoms with E-state index in [1.54, 1.807) is 11.2 Å². The van der Waals surface area contributed by atoms with E-state index in [0.29, 0.717) is 33.3 Å². The summed E-state index contributed by atoms with van der Waals surface area (Å²) in [6.45, 7) is 10.3. The number of anilines is 1. The van der Waals surface area contributed by atoms with Crippen LogP contribution in [0.4, 0.5) is 11.4 Å². The number of para-hydroxylation sites is 1. The number of rotatable bonds is 5. The van der Waals surface area contributed by atoms with Gasteiger partial charge in [0.25, 0.3) is 5.91 Å². The smallest absolute Gasteiger partial charge is 0.267 e. The zero-order valence-corrected chi connectivity index (χ0v) is 22.6. The quantitative estimate of drug-likeness (QED) is 0.322. The van der Waals surface area contributed by atoms with Crippen LogP contribution in [0.2, 0.25) is 5.02 Å². The first-order valence-electron chi connectivity index (χ1n) is 12.3. The molecule has 2 aliphatic rings. The molecule has 5 rings (SSSR count). The van der Waals surface area contributed by atoms with E-state index in [1.807, 2.05) is 48.5 Å². The van der Waals surface area contributed by atoms with Gasteiger partial charge in [-0.05, 0) is 98.5 Å². The zero-order chi connectivity index (χ0) is 25.4. The highest BCUT2D eigenvalue weighted by Crippen LogP contribution is 2.46. The molecule has 7 heteroatoms. The minimum absolute atomic E-state index is 0.0664. The van der Waals surface area contributed by atoms with Gasteiger partial charge in [-0.15, -0.1) is 0 Å². The van der Waals surface area contributed by atoms with Crippen molar-refractivity contribution in [2.45, 2.75) is 52.1 Å². The first-order chi connectivity index (χ1) is 17.3. The van der Waals surface area contributed by atoms with Gasteiger partial charge in [0.1, 0.15) is 5.76 Å². The number of amides is 1. The van der Waals surface area contributed by atoms with Gasteiger partial charge in [-0.3, -0.25) is 9.69 Å². The second kappa shape index (κ2) is 9.83. The van der Waals surface area contributed by atoms with E-state index >= 15 is 0 Å². The molecule has 0 saturated carbocycles. The third kappa shape index (κ3) is 4.72. The Labute approximate surface area is 221 Å². The Morgan fingerprint density at radius 2 is 1.97 bits per heavy atom. The van der Waals surface area contributed by atoms with Crippen molar-refractivity contribution in [1.82, 2.24) is 4.90 Å². The molecule has 1 unspecified atom stereocenters. The summed E-state index contributed by atoms with van der Waals surface area (Å²) in [7, 11) is 0. The normalized spacial score (nSPS) is 21.5. The average Bonchev–Trinajstić information content (AvgIpc) is 3.45. The van der Waals surface area contributed by atoms with Crippen LogP contribution >= 0.6 is 23.4 Å². The number of benzene rings is 2. The predicted molar refractivity (Wildman–Crippen MR) is 150 cm³/mol. The number of furan rings is 1. The minimum atomic E-state index is -0.107.